The number of aliphatic hydroxyl groups is 1. The molecule has 2 aliphatic rings. The van der Waals surface area contributed by atoms with Gasteiger partial charge in [0.05, 0.1) is 17.4 Å². The number of aromatic nitrogens is 3. The first-order valence-electron chi connectivity index (χ1n) is 12.6. The molecule has 1 saturated carbocycles. The van der Waals surface area contributed by atoms with E-state index >= 15 is 0 Å². The van der Waals surface area contributed by atoms with E-state index in [2.05, 4.69) is 10.1 Å². The first kappa shape index (κ1) is 24.4. The van der Waals surface area contributed by atoms with E-state index in [9.17, 15) is 19.1 Å². The normalized spacial score (nSPS) is 18.5. The van der Waals surface area contributed by atoms with Crippen molar-refractivity contribution in [1.82, 2.24) is 24.4 Å². The second-order valence-electron chi connectivity index (χ2n) is 10.5. The number of amides is 2. The van der Waals surface area contributed by atoms with E-state index in [1.165, 1.54) is 12.1 Å². The second kappa shape index (κ2) is 9.28. The van der Waals surface area contributed by atoms with Gasteiger partial charge in [-0.05, 0) is 68.5 Å². The molecule has 2 fully saturated rings. The zero-order valence-corrected chi connectivity index (χ0v) is 20.9. The highest BCUT2D eigenvalue weighted by Gasteiger charge is 2.41. The van der Waals surface area contributed by atoms with Crippen molar-refractivity contribution in [2.24, 2.45) is 5.92 Å². The van der Waals surface area contributed by atoms with Gasteiger partial charge in [-0.2, -0.15) is 5.10 Å². The molecule has 3 heterocycles. The fourth-order valence-corrected chi connectivity index (χ4v) is 5.00. The van der Waals surface area contributed by atoms with E-state index in [0.29, 0.717) is 49.7 Å². The molecule has 36 heavy (non-hydrogen) atoms. The summed E-state index contributed by atoms with van der Waals surface area (Å²) < 4.78 is 15.0. The molecule has 1 aromatic carbocycles. The summed E-state index contributed by atoms with van der Waals surface area (Å²) in [4.78, 5) is 34.4. The van der Waals surface area contributed by atoms with Gasteiger partial charge in [-0.3, -0.25) is 9.59 Å². The molecule has 0 bridgehead atoms. The number of benzene rings is 1. The Labute approximate surface area is 209 Å². The van der Waals surface area contributed by atoms with Gasteiger partial charge in [0.2, 0.25) is 0 Å². The Bertz CT molecular complexity index is 1300. The topological polar surface area (TPSA) is 91.0 Å². The minimum absolute atomic E-state index is 0.221. The lowest BCUT2D eigenvalue weighted by Crippen LogP contribution is -2.63. The van der Waals surface area contributed by atoms with Gasteiger partial charge in [0.15, 0.2) is 5.65 Å². The highest BCUT2D eigenvalue weighted by molar-refractivity contribution is 5.94. The molecule has 1 N–H and O–H groups in total. The van der Waals surface area contributed by atoms with Crippen LogP contribution in [0.3, 0.4) is 0 Å². The molecule has 190 valence electrons. The molecule has 2 amide bonds. The molecule has 9 heteroatoms. The Morgan fingerprint density at radius 2 is 1.92 bits per heavy atom. The lowest BCUT2D eigenvalue weighted by atomic mass is 9.97. The van der Waals surface area contributed by atoms with Crippen molar-refractivity contribution in [2.45, 2.75) is 58.1 Å². The summed E-state index contributed by atoms with van der Waals surface area (Å²) in [5.41, 5.74) is 2.66. The number of carbonyl (C=O) groups is 2. The third-order valence-corrected chi connectivity index (χ3v) is 7.24. The standard InChI is InChI=1S/C27H32FN5O3/c1-4-18-14-21(19-7-9-20(28)10-8-19)30-33-15-22(29-24(18)33)25(35)32-12-11-31(16-27(32,2)3)26(36)23(34)13-17-5-6-17/h7-10,14-15,17,23,34H,4-6,11-13,16H2,1-3H3. The minimum atomic E-state index is -0.970. The van der Waals surface area contributed by atoms with Gasteiger partial charge in [0.1, 0.15) is 17.6 Å². The second-order valence-corrected chi connectivity index (χ2v) is 10.5. The van der Waals surface area contributed by atoms with Crippen molar-refractivity contribution < 1.29 is 19.1 Å². The lowest BCUT2D eigenvalue weighted by Gasteiger charge is -2.47. The number of aryl methyl sites for hydroxylation is 1. The molecule has 3 aromatic rings. The van der Waals surface area contributed by atoms with E-state index in [1.807, 2.05) is 26.8 Å². The maximum Gasteiger partial charge on any atom is 0.274 e. The van der Waals surface area contributed by atoms with Crippen LogP contribution in [0.25, 0.3) is 16.9 Å². The predicted octanol–water partition coefficient (Wildman–Crippen LogP) is 3.32. The first-order valence-corrected chi connectivity index (χ1v) is 12.6. The zero-order valence-electron chi connectivity index (χ0n) is 20.9. The van der Waals surface area contributed by atoms with E-state index in [-0.39, 0.29) is 23.3 Å². The summed E-state index contributed by atoms with van der Waals surface area (Å²) in [6.07, 6.45) is 4.04. The monoisotopic (exact) mass is 493 g/mol. The van der Waals surface area contributed by atoms with E-state index < -0.39 is 11.6 Å². The number of piperazine rings is 1. The van der Waals surface area contributed by atoms with Crippen molar-refractivity contribution >= 4 is 17.5 Å². The minimum Gasteiger partial charge on any atom is -0.383 e. The maximum atomic E-state index is 13.6. The van der Waals surface area contributed by atoms with Crippen LogP contribution < -0.4 is 0 Å². The number of halogens is 1. The number of hydrogen-bond acceptors (Lipinski definition) is 5. The highest BCUT2D eigenvalue weighted by Crippen LogP contribution is 2.34. The van der Waals surface area contributed by atoms with E-state index in [4.69, 9.17) is 0 Å². The van der Waals surface area contributed by atoms with E-state index in [0.717, 1.165) is 24.0 Å². The zero-order chi connectivity index (χ0) is 25.6. The van der Waals surface area contributed by atoms with Crippen LogP contribution in [0.2, 0.25) is 0 Å². The van der Waals surface area contributed by atoms with Crippen molar-refractivity contribution in [1.29, 1.82) is 0 Å². The highest BCUT2D eigenvalue weighted by atomic mass is 19.1. The van der Waals surface area contributed by atoms with Crippen LogP contribution in [0.4, 0.5) is 4.39 Å². The van der Waals surface area contributed by atoms with Gasteiger partial charge in [0, 0.05) is 25.2 Å². The first-order chi connectivity index (χ1) is 17.2. The van der Waals surface area contributed by atoms with Crippen LogP contribution in [0.15, 0.2) is 36.5 Å². The van der Waals surface area contributed by atoms with Crippen molar-refractivity contribution in [3.8, 4) is 11.3 Å². The summed E-state index contributed by atoms with van der Waals surface area (Å²) in [6.45, 7) is 6.94. The van der Waals surface area contributed by atoms with Crippen LogP contribution in [-0.4, -0.2) is 72.6 Å². The number of rotatable bonds is 6. The van der Waals surface area contributed by atoms with Gasteiger partial charge in [0.25, 0.3) is 11.8 Å². The summed E-state index contributed by atoms with van der Waals surface area (Å²) in [5, 5.41) is 15.0. The SMILES string of the molecule is CCc1cc(-c2ccc(F)cc2)nn2cc(C(=O)N3CCN(C(=O)C(O)CC4CC4)CC3(C)C)nc12. The Morgan fingerprint density at radius 3 is 2.56 bits per heavy atom. The van der Waals surface area contributed by atoms with Gasteiger partial charge in [-0.25, -0.2) is 13.9 Å². The van der Waals surface area contributed by atoms with Crippen LogP contribution in [0.5, 0.6) is 0 Å². The molecule has 1 aliphatic heterocycles. The fraction of sp³-hybridized carbons (Fsp3) is 0.481. The van der Waals surface area contributed by atoms with Crippen molar-refractivity contribution in [3.63, 3.8) is 0 Å². The molecule has 1 aliphatic carbocycles. The van der Waals surface area contributed by atoms with E-state index in [1.54, 1.807) is 32.6 Å². The van der Waals surface area contributed by atoms with Gasteiger partial charge in [-0.1, -0.05) is 19.8 Å². The maximum absolute atomic E-state index is 13.6. The Balaban J connectivity index is 1.37. The van der Waals surface area contributed by atoms with Gasteiger partial charge >= 0.3 is 0 Å². The van der Waals surface area contributed by atoms with Gasteiger partial charge < -0.3 is 14.9 Å². The number of carbonyl (C=O) groups excluding carboxylic acids is 2. The third kappa shape index (κ3) is 4.72. The molecular weight excluding hydrogens is 461 g/mol. The fourth-order valence-electron chi connectivity index (χ4n) is 5.00. The Morgan fingerprint density at radius 1 is 1.19 bits per heavy atom. The number of hydrogen-bond donors (Lipinski definition) is 1. The van der Waals surface area contributed by atoms with Crippen LogP contribution >= 0.6 is 0 Å². The predicted molar refractivity (Wildman–Crippen MR) is 133 cm³/mol. The van der Waals surface area contributed by atoms with Gasteiger partial charge in [-0.15, -0.1) is 0 Å². The van der Waals surface area contributed by atoms with Crippen LogP contribution in [-0.2, 0) is 11.2 Å². The number of nitrogens with zero attached hydrogens (tertiary/aromatic N) is 5. The summed E-state index contributed by atoms with van der Waals surface area (Å²) in [6, 6.07) is 8.07. The summed E-state index contributed by atoms with van der Waals surface area (Å²) in [5.74, 6) is -0.325. The smallest absolute Gasteiger partial charge is 0.274 e. The summed E-state index contributed by atoms with van der Waals surface area (Å²) >= 11 is 0. The average Bonchev–Trinajstić information content (AvgIpc) is 3.56. The van der Waals surface area contributed by atoms with Crippen LogP contribution in [0, 0.1) is 11.7 Å². The molecule has 5 rings (SSSR count). The Hall–Kier alpha value is -3.33. The van der Waals surface area contributed by atoms with Crippen molar-refractivity contribution in [3.05, 3.63) is 53.6 Å². The lowest BCUT2D eigenvalue weighted by molar-refractivity contribution is -0.145. The van der Waals surface area contributed by atoms with Crippen LogP contribution in [0.1, 0.15) is 56.1 Å². The number of aliphatic hydroxyl groups excluding tert-OH is 1. The third-order valence-electron chi connectivity index (χ3n) is 7.24. The molecule has 0 spiro atoms. The number of fused-ring (bicyclic) bond motifs is 1. The molecule has 1 unspecified atom stereocenters. The Kier molecular flexibility index (Phi) is 6.28. The molecule has 0 radical (unpaired) electrons. The summed E-state index contributed by atoms with van der Waals surface area (Å²) in [7, 11) is 0. The molecular formula is C27H32FN5O3. The average molecular weight is 494 g/mol. The molecule has 8 nitrogen and oxygen atoms in total. The molecule has 1 atom stereocenters. The molecule has 2 aromatic heterocycles. The molecule has 1 saturated heterocycles. The van der Waals surface area contributed by atoms with Crippen molar-refractivity contribution in [2.75, 3.05) is 19.6 Å². The largest absolute Gasteiger partial charge is 0.383 e. The quantitative estimate of drug-likeness (QED) is 0.569. The number of imidazole rings is 1.